The molecule has 0 radical (unpaired) electrons. The van der Waals surface area contributed by atoms with Crippen LogP contribution >= 0.6 is 0 Å². The van der Waals surface area contributed by atoms with Crippen molar-refractivity contribution in [2.75, 3.05) is 6.61 Å². The molecule has 0 saturated heterocycles. The van der Waals surface area contributed by atoms with Gasteiger partial charge in [-0.3, -0.25) is 0 Å². The fraction of sp³-hybridized carbons (Fsp3) is 0.143. The third kappa shape index (κ3) is 6.27. The number of hydrogen-bond donors (Lipinski definition) is 1. The molecule has 0 unspecified atom stereocenters. The number of carboxylic acids is 1. The van der Waals surface area contributed by atoms with Gasteiger partial charge in [0.25, 0.3) is 0 Å². The van der Waals surface area contributed by atoms with E-state index >= 15 is 0 Å². The van der Waals surface area contributed by atoms with Crippen LogP contribution in [0.3, 0.4) is 0 Å². The second kappa shape index (κ2) is 8.75. The Balaban J connectivity index is 0.000000360. The van der Waals surface area contributed by atoms with Crippen LogP contribution in [-0.2, 0) is 9.53 Å². The van der Waals surface area contributed by atoms with E-state index in [0.29, 0.717) is 12.2 Å². The summed E-state index contributed by atoms with van der Waals surface area (Å²) in [4.78, 5) is 20.4. The van der Waals surface area contributed by atoms with E-state index in [1.165, 1.54) is 0 Å². The van der Waals surface area contributed by atoms with Crippen LogP contribution < -0.4 is 0 Å². The highest BCUT2D eigenvalue weighted by Crippen LogP contribution is 2.04. The Bertz CT molecular complexity index is 418. The summed E-state index contributed by atoms with van der Waals surface area (Å²) in [5, 5.41) is 8.52. The first-order valence-electron chi connectivity index (χ1n) is 5.30. The van der Waals surface area contributed by atoms with E-state index in [0.717, 1.165) is 11.6 Å². The van der Waals surface area contributed by atoms with Gasteiger partial charge in [0, 0.05) is 6.08 Å². The number of ether oxygens (including phenoxy) is 1. The second-order valence-corrected chi connectivity index (χ2v) is 3.09. The first-order valence-corrected chi connectivity index (χ1v) is 5.30. The summed E-state index contributed by atoms with van der Waals surface area (Å²) in [7, 11) is 0. The Hall–Kier alpha value is -2.36. The van der Waals surface area contributed by atoms with Gasteiger partial charge in [0.2, 0.25) is 0 Å². The van der Waals surface area contributed by atoms with Crippen molar-refractivity contribution in [1.29, 1.82) is 0 Å². The number of benzene rings is 1. The zero-order valence-corrected chi connectivity index (χ0v) is 10.3. The quantitative estimate of drug-likeness (QED) is 0.657. The van der Waals surface area contributed by atoms with Crippen molar-refractivity contribution >= 4 is 18.0 Å². The van der Waals surface area contributed by atoms with E-state index < -0.39 is 5.97 Å². The summed E-state index contributed by atoms with van der Waals surface area (Å²) >= 11 is 0. The topological polar surface area (TPSA) is 63.6 Å². The molecule has 0 aliphatic carbocycles. The molecule has 0 aromatic heterocycles. The van der Waals surface area contributed by atoms with Gasteiger partial charge in [0.1, 0.15) is 0 Å². The number of aromatic carboxylic acids is 1. The summed E-state index contributed by atoms with van der Waals surface area (Å²) in [6.07, 6.45) is 2.81. The normalized spacial score (nSPS) is 8.50. The maximum Gasteiger partial charge on any atom is 0.335 e. The maximum absolute atomic E-state index is 10.4. The number of carbonyl (C=O) groups excluding carboxylic acids is 1. The van der Waals surface area contributed by atoms with Gasteiger partial charge < -0.3 is 9.84 Å². The zero-order chi connectivity index (χ0) is 14.0. The van der Waals surface area contributed by atoms with E-state index in [9.17, 15) is 9.59 Å². The number of rotatable bonds is 4. The van der Waals surface area contributed by atoms with Gasteiger partial charge in [-0.1, -0.05) is 31.4 Å². The minimum atomic E-state index is -0.902. The van der Waals surface area contributed by atoms with Crippen LogP contribution in [0.2, 0.25) is 0 Å². The predicted molar refractivity (Wildman–Crippen MR) is 70.3 cm³/mol. The standard InChI is InChI=1S/C9H8O2.C5H8O2/c1-2-7-3-5-8(6-4-7)9(10)11;1-3-5(6)7-4-2/h2-6H,1H2,(H,10,11);3H,1,4H2,2H3. The van der Waals surface area contributed by atoms with Crippen LogP contribution in [0.5, 0.6) is 0 Å². The summed E-state index contributed by atoms with van der Waals surface area (Å²) < 4.78 is 4.43. The molecule has 0 atom stereocenters. The summed E-state index contributed by atoms with van der Waals surface area (Å²) in [6.45, 7) is 8.94. The lowest BCUT2D eigenvalue weighted by Gasteiger charge is -1.93. The average molecular weight is 248 g/mol. The number of hydrogen-bond acceptors (Lipinski definition) is 3. The molecule has 0 amide bonds. The number of carboxylic acid groups (broad SMARTS) is 1. The minimum Gasteiger partial charge on any atom is -0.478 e. The fourth-order valence-corrected chi connectivity index (χ4v) is 0.963. The molecule has 0 aliphatic heterocycles. The van der Waals surface area contributed by atoms with Crippen LogP contribution in [0.25, 0.3) is 6.08 Å². The highest BCUT2D eigenvalue weighted by atomic mass is 16.5. The van der Waals surface area contributed by atoms with Crippen LogP contribution in [-0.4, -0.2) is 23.7 Å². The molecule has 1 aromatic carbocycles. The van der Waals surface area contributed by atoms with E-state index in [-0.39, 0.29) is 5.97 Å². The van der Waals surface area contributed by atoms with Crippen LogP contribution in [0, 0.1) is 0 Å². The first-order chi connectivity index (χ1) is 8.54. The van der Waals surface area contributed by atoms with E-state index in [1.807, 2.05) is 0 Å². The lowest BCUT2D eigenvalue weighted by atomic mass is 10.1. The third-order valence-corrected chi connectivity index (χ3v) is 1.85. The molecule has 0 aliphatic rings. The molecule has 0 fully saturated rings. The monoisotopic (exact) mass is 248 g/mol. The molecular weight excluding hydrogens is 232 g/mol. The molecular formula is C14H16O4. The molecule has 1 aromatic rings. The van der Waals surface area contributed by atoms with Crippen LogP contribution in [0.15, 0.2) is 43.5 Å². The van der Waals surface area contributed by atoms with Gasteiger partial charge in [0.15, 0.2) is 0 Å². The highest BCUT2D eigenvalue weighted by molar-refractivity contribution is 5.87. The minimum absolute atomic E-state index is 0.301. The molecule has 0 saturated carbocycles. The maximum atomic E-state index is 10.4. The Morgan fingerprint density at radius 1 is 1.28 bits per heavy atom. The molecule has 4 heteroatoms. The van der Waals surface area contributed by atoms with Gasteiger partial charge in [-0.25, -0.2) is 9.59 Å². The molecule has 1 rings (SSSR count). The predicted octanol–water partition coefficient (Wildman–Crippen LogP) is 2.76. The van der Waals surface area contributed by atoms with Gasteiger partial charge in [-0.15, -0.1) is 0 Å². The molecule has 96 valence electrons. The van der Waals surface area contributed by atoms with Gasteiger partial charge in [-0.2, -0.15) is 0 Å². The van der Waals surface area contributed by atoms with Gasteiger partial charge in [0.05, 0.1) is 12.2 Å². The largest absolute Gasteiger partial charge is 0.478 e. The van der Waals surface area contributed by atoms with Crippen molar-refractivity contribution in [3.63, 3.8) is 0 Å². The van der Waals surface area contributed by atoms with Gasteiger partial charge in [-0.05, 0) is 24.6 Å². The highest BCUT2D eigenvalue weighted by Gasteiger charge is 1.99. The molecule has 0 spiro atoms. The summed E-state index contributed by atoms with van der Waals surface area (Å²) in [6, 6.07) is 6.55. The molecule has 0 bridgehead atoms. The lowest BCUT2D eigenvalue weighted by molar-refractivity contribution is -0.137. The Morgan fingerprint density at radius 2 is 1.83 bits per heavy atom. The van der Waals surface area contributed by atoms with E-state index in [2.05, 4.69) is 17.9 Å². The lowest BCUT2D eigenvalue weighted by Crippen LogP contribution is -1.97. The smallest absolute Gasteiger partial charge is 0.335 e. The van der Waals surface area contributed by atoms with Crippen molar-refractivity contribution < 1.29 is 19.4 Å². The van der Waals surface area contributed by atoms with Crippen molar-refractivity contribution in [3.8, 4) is 0 Å². The van der Waals surface area contributed by atoms with Crippen molar-refractivity contribution in [3.05, 3.63) is 54.6 Å². The van der Waals surface area contributed by atoms with Crippen molar-refractivity contribution in [1.82, 2.24) is 0 Å². The second-order valence-electron chi connectivity index (χ2n) is 3.09. The third-order valence-electron chi connectivity index (χ3n) is 1.85. The van der Waals surface area contributed by atoms with Gasteiger partial charge >= 0.3 is 11.9 Å². The van der Waals surface area contributed by atoms with Crippen molar-refractivity contribution in [2.45, 2.75) is 6.92 Å². The SMILES string of the molecule is C=CC(=O)OCC.C=Cc1ccc(C(=O)O)cc1. The molecule has 1 N–H and O–H groups in total. The average Bonchev–Trinajstić information content (AvgIpc) is 2.39. The van der Waals surface area contributed by atoms with Crippen LogP contribution in [0.1, 0.15) is 22.8 Å². The van der Waals surface area contributed by atoms with Crippen LogP contribution in [0.4, 0.5) is 0 Å². The summed E-state index contributed by atoms with van der Waals surface area (Å²) in [5.74, 6) is -1.26. The molecule has 18 heavy (non-hydrogen) atoms. The summed E-state index contributed by atoms with van der Waals surface area (Å²) in [5.41, 5.74) is 1.23. The fourth-order valence-electron chi connectivity index (χ4n) is 0.963. The Kier molecular flexibility index (Phi) is 7.61. The van der Waals surface area contributed by atoms with Crippen molar-refractivity contribution in [2.24, 2.45) is 0 Å². The Labute approximate surface area is 106 Å². The first kappa shape index (κ1) is 15.6. The van der Waals surface area contributed by atoms with E-state index in [4.69, 9.17) is 5.11 Å². The number of carbonyl (C=O) groups is 2. The Morgan fingerprint density at radius 3 is 2.11 bits per heavy atom. The van der Waals surface area contributed by atoms with E-state index in [1.54, 1.807) is 37.3 Å². The molecule has 4 nitrogen and oxygen atoms in total. The molecule has 0 heterocycles. The zero-order valence-electron chi connectivity index (χ0n) is 10.3. The number of esters is 1.